The lowest BCUT2D eigenvalue weighted by molar-refractivity contribution is -0.135. The molecule has 1 heterocycles. The number of halogens is 2. The highest BCUT2D eigenvalue weighted by Gasteiger charge is 2.24. The van der Waals surface area contributed by atoms with E-state index in [-0.39, 0.29) is 54.9 Å². The van der Waals surface area contributed by atoms with Crippen LogP contribution in [0.3, 0.4) is 0 Å². The number of amides is 1. The first kappa shape index (κ1) is 28.7. The standard InChI is InChI=1S/C30H37F2N3O4/c31-25-7-4-8-26(32)24(25)14-19-39-20-15-29(38)35(22-5-2-1-3-6-22)18-17-33-16-13-21-9-11-27(36)30-23(21)10-12-28(37)34-30/h4,7-12,22,33,36H,1-3,5-6,13-20H2,(H,34,37). The number of hydrogen-bond donors (Lipinski definition) is 3. The molecule has 1 saturated carbocycles. The summed E-state index contributed by atoms with van der Waals surface area (Å²) in [5, 5.41) is 14.3. The van der Waals surface area contributed by atoms with E-state index in [9.17, 15) is 23.5 Å². The average Bonchev–Trinajstić information content (AvgIpc) is 2.93. The van der Waals surface area contributed by atoms with E-state index in [4.69, 9.17) is 4.74 Å². The zero-order valence-corrected chi connectivity index (χ0v) is 22.2. The van der Waals surface area contributed by atoms with Gasteiger partial charge in [0.05, 0.1) is 25.2 Å². The van der Waals surface area contributed by atoms with Gasteiger partial charge in [0.25, 0.3) is 0 Å². The van der Waals surface area contributed by atoms with Gasteiger partial charge < -0.3 is 25.0 Å². The molecular weight excluding hydrogens is 504 g/mol. The third-order valence-corrected chi connectivity index (χ3v) is 7.42. The molecule has 0 bridgehead atoms. The smallest absolute Gasteiger partial charge is 0.248 e. The molecule has 1 aliphatic rings. The lowest BCUT2D eigenvalue weighted by Gasteiger charge is -2.34. The van der Waals surface area contributed by atoms with E-state index in [1.165, 1.54) is 30.7 Å². The summed E-state index contributed by atoms with van der Waals surface area (Å²) >= 11 is 0. The number of phenols is 1. The molecule has 1 amide bonds. The lowest BCUT2D eigenvalue weighted by atomic mass is 9.94. The molecule has 0 aliphatic heterocycles. The van der Waals surface area contributed by atoms with Crippen LogP contribution >= 0.6 is 0 Å². The molecule has 1 aromatic heterocycles. The third kappa shape index (κ3) is 7.86. The van der Waals surface area contributed by atoms with Crippen molar-refractivity contribution in [1.29, 1.82) is 0 Å². The summed E-state index contributed by atoms with van der Waals surface area (Å²) in [4.78, 5) is 29.4. The highest BCUT2D eigenvalue weighted by Crippen LogP contribution is 2.25. The quantitative estimate of drug-likeness (QED) is 0.278. The van der Waals surface area contributed by atoms with Crippen LogP contribution in [0.1, 0.15) is 49.7 Å². The number of phenolic OH excluding ortho intramolecular Hbond substituents is 1. The van der Waals surface area contributed by atoms with Gasteiger partial charge in [-0.2, -0.15) is 0 Å². The predicted octanol–water partition coefficient (Wildman–Crippen LogP) is 4.45. The van der Waals surface area contributed by atoms with Crippen LogP contribution in [0.4, 0.5) is 8.78 Å². The van der Waals surface area contributed by atoms with E-state index in [0.717, 1.165) is 36.6 Å². The molecule has 0 atom stereocenters. The van der Waals surface area contributed by atoms with Crippen LogP contribution in [-0.4, -0.2) is 59.8 Å². The van der Waals surface area contributed by atoms with Crippen molar-refractivity contribution < 1.29 is 23.4 Å². The minimum atomic E-state index is -0.584. The molecule has 1 aliphatic carbocycles. The number of ether oxygens (including phenoxy) is 1. The second-order valence-electron chi connectivity index (χ2n) is 10.0. The number of carbonyl (C=O) groups is 1. The van der Waals surface area contributed by atoms with E-state index in [1.54, 1.807) is 12.1 Å². The Bertz CT molecular complexity index is 1290. The van der Waals surface area contributed by atoms with Gasteiger partial charge in [-0.3, -0.25) is 9.59 Å². The summed E-state index contributed by atoms with van der Waals surface area (Å²) in [6.45, 7) is 2.27. The van der Waals surface area contributed by atoms with Crippen LogP contribution in [-0.2, 0) is 22.4 Å². The van der Waals surface area contributed by atoms with Gasteiger partial charge in [-0.1, -0.05) is 31.4 Å². The largest absolute Gasteiger partial charge is 0.506 e. The van der Waals surface area contributed by atoms with Crippen LogP contribution in [0.2, 0.25) is 0 Å². The fraction of sp³-hybridized carbons (Fsp3) is 0.467. The molecule has 2 aromatic carbocycles. The highest BCUT2D eigenvalue weighted by molar-refractivity contribution is 5.87. The number of rotatable bonds is 13. The first-order valence-electron chi connectivity index (χ1n) is 13.8. The van der Waals surface area contributed by atoms with Gasteiger partial charge in [0.1, 0.15) is 17.4 Å². The van der Waals surface area contributed by atoms with Crippen molar-refractivity contribution >= 4 is 16.8 Å². The number of hydrogen-bond acceptors (Lipinski definition) is 5. The monoisotopic (exact) mass is 541 g/mol. The molecule has 0 saturated heterocycles. The van der Waals surface area contributed by atoms with E-state index in [2.05, 4.69) is 10.3 Å². The van der Waals surface area contributed by atoms with Gasteiger partial charge in [0.15, 0.2) is 0 Å². The van der Waals surface area contributed by atoms with Crippen molar-refractivity contribution in [2.75, 3.05) is 32.8 Å². The number of nitrogens with zero attached hydrogens (tertiary/aromatic N) is 1. The Morgan fingerprint density at radius 1 is 1.00 bits per heavy atom. The second-order valence-corrected chi connectivity index (χ2v) is 10.0. The second kappa shape index (κ2) is 14.2. The summed E-state index contributed by atoms with van der Waals surface area (Å²) < 4.78 is 33.1. The van der Waals surface area contributed by atoms with Crippen molar-refractivity contribution in [3.8, 4) is 5.75 Å². The molecule has 1 fully saturated rings. The Balaban J connectivity index is 1.24. The first-order valence-corrected chi connectivity index (χ1v) is 13.8. The summed E-state index contributed by atoms with van der Waals surface area (Å²) in [7, 11) is 0. The van der Waals surface area contributed by atoms with E-state index in [0.29, 0.717) is 31.6 Å². The Kier molecular flexibility index (Phi) is 10.4. The molecule has 9 heteroatoms. The SMILES string of the molecule is O=C(CCOCCc1c(F)cccc1F)N(CCNCCc1ccc(O)c2[nH]c(=O)ccc12)C1CCCCC1. The number of nitrogens with one attached hydrogen (secondary N) is 2. The molecule has 3 N–H and O–H groups in total. The number of aromatic hydroxyl groups is 1. The van der Waals surface area contributed by atoms with Crippen molar-refractivity contribution in [3.05, 3.63) is 75.6 Å². The number of pyridine rings is 1. The molecule has 7 nitrogen and oxygen atoms in total. The van der Waals surface area contributed by atoms with Crippen molar-refractivity contribution in [1.82, 2.24) is 15.2 Å². The maximum Gasteiger partial charge on any atom is 0.248 e. The molecule has 0 radical (unpaired) electrons. The fourth-order valence-corrected chi connectivity index (χ4v) is 5.32. The minimum absolute atomic E-state index is 0.00678. The average molecular weight is 542 g/mol. The van der Waals surface area contributed by atoms with Gasteiger partial charge in [0.2, 0.25) is 11.5 Å². The minimum Gasteiger partial charge on any atom is -0.506 e. The Morgan fingerprint density at radius 2 is 1.77 bits per heavy atom. The van der Waals surface area contributed by atoms with Gasteiger partial charge in [-0.25, -0.2) is 8.78 Å². The van der Waals surface area contributed by atoms with Crippen molar-refractivity contribution in [3.63, 3.8) is 0 Å². The number of benzene rings is 2. The van der Waals surface area contributed by atoms with Crippen LogP contribution in [0.5, 0.6) is 5.75 Å². The van der Waals surface area contributed by atoms with E-state index >= 15 is 0 Å². The van der Waals surface area contributed by atoms with Gasteiger partial charge >= 0.3 is 0 Å². The predicted molar refractivity (Wildman–Crippen MR) is 147 cm³/mol. The van der Waals surface area contributed by atoms with Gasteiger partial charge in [-0.15, -0.1) is 0 Å². The molecule has 3 aromatic rings. The van der Waals surface area contributed by atoms with Gasteiger partial charge in [0, 0.05) is 42.6 Å². The Morgan fingerprint density at radius 3 is 2.54 bits per heavy atom. The maximum atomic E-state index is 13.8. The number of fused-ring (bicyclic) bond motifs is 1. The molecule has 0 unspecified atom stereocenters. The van der Waals surface area contributed by atoms with Crippen LogP contribution < -0.4 is 10.9 Å². The third-order valence-electron chi connectivity index (χ3n) is 7.42. The summed E-state index contributed by atoms with van der Waals surface area (Å²) in [5.74, 6) is -1.09. The van der Waals surface area contributed by atoms with Gasteiger partial charge in [-0.05, 0) is 55.6 Å². The molecule has 0 spiro atoms. The summed E-state index contributed by atoms with van der Waals surface area (Å²) in [6.07, 6.45) is 6.47. The van der Waals surface area contributed by atoms with Crippen molar-refractivity contribution in [2.45, 2.75) is 57.4 Å². The number of H-pyrrole nitrogens is 1. The topological polar surface area (TPSA) is 94.7 Å². The fourth-order valence-electron chi connectivity index (χ4n) is 5.32. The van der Waals surface area contributed by atoms with Crippen LogP contribution in [0.25, 0.3) is 10.9 Å². The maximum absolute atomic E-state index is 13.8. The zero-order chi connectivity index (χ0) is 27.6. The number of carbonyl (C=O) groups excluding carboxylic acids is 1. The van der Waals surface area contributed by atoms with Crippen molar-refractivity contribution in [2.24, 2.45) is 0 Å². The summed E-state index contributed by atoms with van der Waals surface area (Å²) in [6, 6.07) is 10.6. The molecule has 210 valence electrons. The highest BCUT2D eigenvalue weighted by atomic mass is 19.1. The van der Waals surface area contributed by atoms with E-state index < -0.39 is 11.6 Å². The normalized spacial score (nSPS) is 14.1. The zero-order valence-electron chi connectivity index (χ0n) is 22.2. The lowest BCUT2D eigenvalue weighted by Crippen LogP contribution is -2.45. The number of aromatic amines is 1. The van der Waals surface area contributed by atoms with E-state index in [1.807, 2.05) is 11.0 Å². The van der Waals surface area contributed by atoms with Crippen LogP contribution in [0.15, 0.2) is 47.3 Å². The number of aromatic nitrogens is 1. The Hall–Kier alpha value is -3.30. The molecular formula is C30H37F2N3O4. The summed E-state index contributed by atoms with van der Waals surface area (Å²) in [5.41, 5.74) is 1.20. The van der Waals surface area contributed by atoms with Crippen LogP contribution in [0, 0.1) is 11.6 Å². The molecule has 4 rings (SSSR count). The Labute approximate surface area is 227 Å². The molecule has 39 heavy (non-hydrogen) atoms. The first-order chi connectivity index (χ1) is 18.9.